The van der Waals surface area contributed by atoms with Crippen molar-refractivity contribution in [3.05, 3.63) is 24.3 Å². The Kier molecular flexibility index (Phi) is 9.02. The molecule has 0 aliphatic carbocycles. The predicted octanol–water partition coefficient (Wildman–Crippen LogP) is 3.20. The van der Waals surface area contributed by atoms with Crippen LogP contribution in [0.1, 0.15) is 46.0 Å². The molecule has 0 aromatic heterocycles. The zero-order valence-electron chi connectivity index (χ0n) is 10.8. The van der Waals surface area contributed by atoms with Gasteiger partial charge in [-0.3, -0.25) is 4.79 Å². The number of unbranched alkanes of at least 4 members (excludes halogenated alkanes) is 2. The van der Waals surface area contributed by atoms with Crippen molar-refractivity contribution in [2.45, 2.75) is 46.0 Å². The molecule has 0 N–H and O–H groups in total. The molecular formula is C14H22O3. The van der Waals surface area contributed by atoms with Crippen molar-refractivity contribution in [3.63, 3.8) is 0 Å². The summed E-state index contributed by atoms with van der Waals surface area (Å²) in [5, 5.41) is 0. The summed E-state index contributed by atoms with van der Waals surface area (Å²) in [7, 11) is 0. The first kappa shape index (κ1) is 15.6. The third-order valence-electron chi connectivity index (χ3n) is 2.27. The molecule has 17 heavy (non-hydrogen) atoms. The quantitative estimate of drug-likeness (QED) is 0.155. The molecule has 0 amide bonds. The minimum absolute atomic E-state index is 0.116. The van der Waals surface area contributed by atoms with Crippen molar-refractivity contribution >= 4 is 11.8 Å². The van der Waals surface area contributed by atoms with Crippen LogP contribution in [0.25, 0.3) is 0 Å². The highest BCUT2D eigenvalue weighted by molar-refractivity contribution is 6.17. The number of hydrogen-bond donors (Lipinski definition) is 0. The van der Waals surface area contributed by atoms with Gasteiger partial charge in [0.25, 0.3) is 0 Å². The van der Waals surface area contributed by atoms with Gasteiger partial charge in [-0.15, -0.1) is 0 Å². The number of Topliss-reactive ketones (excluding diaryl/α,β-unsaturated/α-hetero) is 1. The summed E-state index contributed by atoms with van der Waals surface area (Å²) in [4.78, 5) is 23.4. The number of ketones is 1. The minimum atomic E-state index is -0.534. The molecule has 0 radical (unpaired) electrons. The summed E-state index contributed by atoms with van der Waals surface area (Å²) in [6.45, 7) is 7.57. The van der Waals surface area contributed by atoms with Crippen LogP contribution in [0.15, 0.2) is 24.3 Å². The van der Waals surface area contributed by atoms with Crippen LogP contribution in [-0.4, -0.2) is 18.4 Å². The standard InChI is InChI=1S/C14H22O3/c1-4-7-8-10-13(15)12(9-5-2)14(16)17-11-6-3/h6,9H,3-5,7-8,10-11H2,1-2H3/b12-9-. The summed E-state index contributed by atoms with van der Waals surface area (Å²) >= 11 is 0. The molecule has 3 nitrogen and oxygen atoms in total. The van der Waals surface area contributed by atoms with E-state index in [1.165, 1.54) is 6.08 Å². The Balaban J connectivity index is 4.40. The second-order valence-electron chi connectivity index (χ2n) is 3.79. The number of allylic oxidation sites excluding steroid dienone is 1. The van der Waals surface area contributed by atoms with Gasteiger partial charge >= 0.3 is 5.97 Å². The largest absolute Gasteiger partial charge is 0.458 e. The lowest BCUT2D eigenvalue weighted by molar-refractivity contribution is -0.139. The molecule has 96 valence electrons. The van der Waals surface area contributed by atoms with E-state index in [1.807, 2.05) is 6.92 Å². The lowest BCUT2D eigenvalue weighted by Crippen LogP contribution is -2.16. The van der Waals surface area contributed by atoms with Crippen LogP contribution in [0.2, 0.25) is 0 Å². The fourth-order valence-electron chi connectivity index (χ4n) is 1.40. The topological polar surface area (TPSA) is 43.4 Å². The Labute approximate surface area is 104 Å². The first-order valence-corrected chi connectivity index (χ1v) is 6.18. The van der Waals surface area contributed by atoms with Crippen LogP contribution in [0.5, 0.6) is 0 Å². The van der Waals surface area contributed by atoms with Crippen molar-refractivity contribution in [1.82, 2.24) is 0 Å². The number of esters is 1. The van der Waals surface area contributed by atoms with Crippen LogP contribution in [0.3, 0.4) is 0 Å². The minimum Gasteiger partial charge on any atom is -0.458 e. The Hall–Kier alpha value is -1.38. The van der Waals surface area contributed by atoms with Crippen LogP contribution in [0.4, 0.5) is 0 Å². The highest BCUT2D eigenvalue weighted by Gasteiger charge is 2.18. The van der Waals surface area contributed by atoms with Crippen molar-refractivity contribution in [2.24, 2.45) is 0 Å². The van der Waals surface area contributed by atoms with E-state index in [9.17, 15) is 9.59 Å². The SMILES string of the molecule is C=CCOC(=O)/C(=C\CC)C(=O)CCCCC. The molecule has 0 spiro atoms. The number of rotatable bonds is 9. The Morgan fingerprint density at radius 2 is 1.94 bits per heavy atom. The molecule has 0 fully saturated rings. The number of hydrogen-bond acceptors (Lipinski definition) is 3. The molecule has 0 atom stereocenters. The molecular weight excluding hydrogens is 216 g/mol. The fraction of sp³-hybridized carbons (Fsp3) is 0.571. The molecule has 0 aliphatic heterocycles. The summed E-state index contributed by atoms with van der Waals surface area (Å²) < 4.78 is 4.89. The maximum absolute atomic E-state index is 11.8. The summed E-state index contributed by atoms with van der Waals surface area (Å²) in [5.74, 6) is -0.650. The number of ether oxygens (including phenoxy) is 1. The van der Waals surface area contributed by atoms with Gasteiger partial charge in [-0.1, -0.05) is 45.4 Å². The first-order chi connectivity index (χ1) is 8.17. The second-order valence-corrected chi connectivity index (χ2v) is 3.79. The lowest BCUT2D eigenvalue weighted by Gasteiger charge is -2.06. The zero-order chi connectivity index (χ0) is 13.1. The van der Waals surface area contributed by atoms with E-state index >= 15 is 0 Å². The Morgan fingerprint density at radius 1 is 1.24 bits per heavy atom. The van der Waals surface area contributed by atoms with Crippen LogP contribution in [-0.2, 0) is 14.3 Å². The van der Waals surface area contributed by atoms with Crippen LogP contribution >= 0.6 is 0 Å². The zero-order valence-corrected chi connectivity index (χ0v) is 10.8. The average Bonchev–Trinajstić information content (AvgIpc) is 2.33. The van der Waals surface area contributed by atoms with Crippen molar-refractivity contribution in [1.29, 1.82) is 0 Å². The molecule has 0 rings (SSSR count). The summed E-state index contributed by atoms with van der Waals surface area (Å²) in [5.41, 5.74) is 0.186. The lowest BCUT2D eigenvalue weighted by atomic mass is 10.0. The summed E-state index contributed by atoms with van der Waals surface area (Å²) in [6.07, 6.45) is 7.09. The van der Waals surface area contributed by atoms with Gasteiger partial charge in [-0.2, -0.15) is 0 Å². The van der Waals surface area contributed by atoms with Crippen LogP contribution in [0, 0.1) is 0 Å². The van der Waals surface area contributed by atoms with E-state index in [0.717, 1.165) is 19.3 Å². The van der Waals surface area contributed by atoms with Gasteiger partial charge in [-0.05, 0) is 12.8 Å². The molecule has 0 unspecified atom stereocenters. The highest BCUT2D eigenvalue weighted by Crippen LogP contribution is 2.09. The van der Waals surface area contributed by atoms with Crippen molar-refractivity contribution < 1.29 is 14.3 Å². The molecule has 0 saturated heterocycles. The monoisotopic (exact) mass is 238 g/mol. The molecule has 0 aliphatic rings. The molecule has 0 bridgehead atoms. The van der Waals surface area contributed by atoms with Gasteiger partial charge in [0.05, 0.1) is 5.57 Å². The third kappa shape index (κ3) is 6.72. The normalized spacial score (nSPS) is 11.1. The van der Waals surface area contributed by atoms with Gasteiger partial charge in [0.15, 0.2) is 5.78 Å². The fourth-order valence-corrected chi connectivity index (χ4v) is 1.40. The number of carbonyl (C=O) groups is 2. The Bertz CT molecular complexity index is 290. The molecule has 0 saturated carbocycles. The van der Waals surface area contributed by atoms with E-state index in [0.29, 0.717) is 12.8 Å². The van der Waals surface area contributed by atoms with E-state index in [2.05, 4.69) is 13.5 Å². The van der Waals surface area contributed by atoms with Crippen molar-refractivity contribution in [3.8, 4) is 0 Å². The van der Waals surface area contributed by atoms with Gasteiger partial charge in [-0.25, -0.2) is 4.79 Å². The summed E-state index contributed by atoms with van der Waals surface area (Å²) in [6, 6.07) is 0. The molecule has 0 aromatic rings. The van der Waals surface area contributed by atoms with E-state index in [4.69, 9.17) is 4.74 Å². The highest BCUT2D eigenvalue weighted by atomic mass is 16.5. The molecule has 0 heterocycles. The van der Waals surface area contributed by atoms with Crippen LogP contribution < -0.4 is 0 Å². The maximum Gasteiger partial charge on any atom is 0.341 e. The smallest absolute Gasteiger partial charge is 0.341 e. The van der Waals surface area contributed by atoms with Gasteiger partial charge < -0.3 is 4.74 Å². The molecule has 0 aromatic carbocycles. The maximum atomic E-state index is 11.8. The van der Waals surface area contributed by atoms with Crippen molar-refractivity contribution in [2.75, 3.05) is 6.61 Å². The number of carbonyl (C=O) groups excluding carboxylic acids is 2. The van der Waals surface area contributed by atoms with E-state index < -0.39 is 5.97 Å². The average molecular weight is 238 g/mol. The van der Waals surface area contributed by atoms with E-state index in [1.54, 1.807) is 6.08 Å². The van der Waals surface area contributed by atoms with Gasteiger partial charge in [0.1, 0.15) is 6.61 Å². The Morgan fingerprint density at radius 3 is 2.47 bits per heavy atom. The van der Waals surface area contributed by atoms with E-state index in [-0.39, 0.29) is 18.0 Å². The first-order valence-electron chi connectivity index (χ1n) is 6.18. The van der Waals surface area contributed by atoms with Gasteiger partial charge in [0, 0.05) is 6.42 Å². The third-order valence-corrected chi connectivity index (χ3v) is 2.27. The molecule has 3 heteroatoms. The van der Waals surface area contributed by atoms with Gasteiger partial charge in [0.2, 0.25) is 0 Å². The predicted molar refractivity (Wildman–Crippen MR) is 68.7 cm³/mol. The second kappa shape index (κ2) is 9.82.